The molecule has 1 saturated heterocycles. The summed E-state index contributed by atoms with van der Waals surface area (Å²) in [6.45, 7) is 7.99. The summed E-state index contributed by atoms with van der Waals surface area (Å²) in [5, 5.41) is 2.33. The first-order valence-corrected chi connectivity index (χ1v) is 9.74. The van der Waals surface area contributed by atoms with Crippen molar-refractivity contribution >= 4 is 15.7 Å². The van der Waals surface area contributed by atoms with E-state index in [1.807, 2.05) is 0 Å². The molecule has 1 aromatic rings. The molecule has 1 aliphatic heterocycles. The third-order valence-corrected chi connectivity index (χ3v) is 6.59. The normalized spacial score (nSPS) is 17.4. The molecule has 1 fully saturated rings. The number of nitrogens with one attached hydrogen (secondary N) is 1. The number of carbonyl (C=O) groups is 1. The van der Waals surface area contributed by atoms with E-state index in [2.05, 4.69) is 17.1 Å². The van der Waals surface area contributed by atoms with Crippen LogP contribution in [0.5, 0.6) is 0 Å². The van der Waals surface area contributed by atoms with E-state index < -0.39 is 15.1 Å². The summed E-state index contributed by atoms with van der Waals surface area (Å²) >= 11 is 0. The molecule has 0 aromatic heterocycles. The molecule has 0 radical (unpaired) electrons. The number of hydrogen-bond donors (Lipinski definition) is 1. The van der Waals surface area contributed by atoms with Gasteiger partial charge in [0.2, 0.25) is 0 Å². The van der Waals surface area contributed by atoms with Gasteiger partial charge in [0.25, 0.3) is 5.91 Å². The topological polar surface area (TPSA) is 66.5 Å². The van der Waals surface area contributed by atoms with Gasteiger partial charge in [-0.05, 0) is 58.8 Å². The zero-order valence-electron chi connectivity index (χ0n) is 14.1. The Hall–Kier alpha value is -1.40. The molecule has 128 valence electrons. The third kappa shape index (κ3) is 4.12. The number of rotatable bonds is 6. The Labute approximate surface area is 139 Å². The summed E-state index contributed by atoms with van der Waals surface area (Å²) in [5.74, 6) is -0.323. The predicted octanol–water partition coefficient (Wildman–Crippen LogP) is 2.08. The molecule has 0 bridgehead atoms. The van der Waals surface area contributed by atoms with Gasteiger partial charge in [0.15, 0.2) is 9.84 Å². The summed E-state index contributed by atoms with van der Waals surface area (Å²) in [6, 6.07) is 6.69. The van der Waals surface area contributed by atoms with Gasteiger partial charge in [-0.3, -0.25) is 9.69 Å². The predicted molar refractivity (Wildman–Crippen MR) is 91.4 cm³/mol. The molecule has 1 atom stereocenters. The van der Waals surface area contributed by atoms with Crippen molar-refractivity contribution < 1.29 is 13.2 Å². The van der Waals surface area contributed by atoms with Crippen LogP contribution in [0.2, 0.25) is 0 Å². The Morgan fingerprint density at radius 3 is 2.39 bits per heavy atom. The number of hydrogen-bond acceptors (Lipinski definition) is 4. The highest BCUT2D eigenvalue weighted by atomic mass is 32.2. The number of benzene rings is 1. The van der Waals surface area contributed by atoms with Crippen molar-refractivity contribution in [3.05, 3.63) is 29.8 Å². The van der Waals surface area contributed by atoms with E-state index in [-0.39, 0.29) is 22.4 Å². The van der Waals surface area contributed by atoms with Crippen LogP contribution in [0.25, 0.3) is 0 Å². The van der Waals surface area contributed by atoms with E-state index >= 15 is 0 Å². The maximum Gasteiger partial charge on any atom is 0.252 e. The summed E-state index contributed by atoms with van der Waals surface area (Å²) in [4.78, 5) is 14.9. The van der Waals surface area contributed by atoms with Crippen molar-refractivity contribution in [2.75, 3.05) is 19.6 Å². The fraction of sp³-hybridized carbons (Fsp3) is 0.588. The van der Waals surface area contributed by atoms with E-state index in [1.54, 1.807) is 32.0 Å². The molecule has 0 saturated carbocycles. The van der Waals surface area contributed by atoms with Crippen LogP contribution in [0.1, 0.15) is 44.0 Å². The van der Waals surface area contributed by atoms with Gasteiger partial charge in [-0.15, -0.1) is 0 Å². The number of likely N-dealkylation sites (tertiary alicyclic amines) is 1. The second-order valence-corrected chi connectivity index (χ2v) is 8.86. The van der Waals surface area contributed by atoms with Crippen molar-refractivity contribution in [1.29, 1.82) is 0 Å². The zero-order chi connectivity index (χ0) is 17.0. The van der Waals surface area contributed by atoms with Crippen molar-refractivity contribution in [2.24, 2.45) is 0 Å². The number of carbonyl (C=O) groups excluding carboxylic acids is 1. The lowest BCUT2D eigenvalue weighted by molar-refractivity contribution is 0.0937. The summed E-state index contributed by atoms with van der Waals surface area (Å²) in [5.41, 5.74) is 0.231. The number of nitrogens with zero attached hydrogens (tertiary/aromatic N) is 1. The smallest absolute Gasteiger partial charge is 0.252 e. The van der Waals surface area contributed by atoms with Crippen LogP contribution in [0.15, 0.2) is 29.2 Å². The minimum atomic E-state index is -3.48. The standard InChI is InChI=1S/C17H26N2O3S/c1-13(2)23(21,22)16-9-5-4-8-15(16)17(20)18-12-14(3)19-10-6-7-11-19/h4-5,8-9,13-14H,6-7,10-12H2,1-3H3,(H,18,20). The molecule has 1 heterocycles. The van der Waals surface area contributed by atoms with E-state index in [0.29, 0.717) is 6.54 Å². The molecule has 6 heteroatoms. The van der Waals surface area contributed by atoms with Crippen LogP contribution in [0, 0.1) is 0 Å². The highest BCUT2D eigenvalue weighted by Crippen LogP contribution is 2.20. The Morgan fingerprint density at radius 1 is 1.17 bits per heavy atom. The largest absolute Gasteiger partial charge is 0.350 e. The van der Waals surface area contributed by atoms with E-state index in [9.17, 15) is 13.2 Å². The summed E-state index contributed by atoms with van der Waals surface area (Å²) in [7, 11) is -3.48. The van der Waals surface area contributed by atoms with Gasteiger partial charge in [0.1, 0.15) is 0 Å². The van der Waals surface area contributed by atoms with Gasteiger partial charge >= 0.3 is 0 Å². The van der Waals surface area contributed by atoms with Gasteiger partial charge in [-0.2, -0.15) is 0 Å². The Bertz CT molecular complexity index is 650. The second-order valence-electron chi connectivity index (χ2n) is 6.39. The first-order valence-electron chi connectivity index (χ1n) is 8.19. The van der Waals surface area contributed by atoms with Crippen molar-refractivity contribution in [3.8, 4) is 0 Å². The SMILES string of the molecule is CC(CNC(=O)c1ccccc1S(=O)(=O)C(C)C)N1CCCC1. The lowest BCUT2D eigenvalue weighted by Gasteiger charge is -2.24. The van der Waals surface area contributed by atoms with Crippen LogP contribution >= 0.6 is 0 Å². The molecule has 0 aliphatic carbocycles. The fourth-order valence-corrected chi connectivity index (χ4v) is 4.05. The third-order valence-electron chi connectivity index (χ3n) is 4.38. The highest BCUT2D eigenvalue weighted by molar-refractivity contribution is 7.92. The molecular weight excluding hydrogens is 312 g/mol. The minimum Gasteiger partial charge on any atom is -0.350 e. The quantitative estimate of drug-likeness (QED) is 0.862. The minimum absolute atomic E-state index is 0.112. The fourth-order valence-electron chi connectivity index (χ4n) is 2.80. The number of amides is 1. The molecule has 0 spiro atoms. The van der Waals surface area contributed by atoms with Gasteiger partial charge in [0.05, 0.1) is 15.7 Å². The van der Waals surface area contributed by atoms with Crippen molar-refractivity contribution in [2.45, 2.75) is 49.8 Å². The van der Waals surface area contributed by atoms with Crippen molar-refractivity contribution in [3.63, 3.8) is 0 Å². The van der Waals surface area contributed by atoms with Gasteiger partial charge in [-0.25, -0.2) is 8.42 Å². The van der Waals surface area contributed by atoms with Crippen LogP contribution in [0.4, 0.5) is 0 Å². The molecular formula is C17H26N2O3S. The molecule has 23 heavy (non-hydrogen) atoms. The van der Waals surface area contributed by atoms with Crippen LogP contribution in [-0.4, -0.2) is 50.2 Å². The Kier molecular flexibility index (Phi) is 5.81. The Morgan fingerprint density at radius 2 is 1.78 bits per heavy atom. The lowest BCUT2D eigenvalue weighted by Crippen LogP contribution is -2.41. The van der Waals surface area contributed by atoms with Crippen LogP contribution in [0.3, 0.4) is 0 Å². The van der Waals surface area contributed by atoms with Crippen LogP contribution < -0.4 is 5.32 Å². The maximum atomic E-state index is 12.5. The zero-order valence-corrected chi connectivity index (χ0v) is 14.9. The highest BCUT2D eigenvalue weighted by Gasteiger charge is 2.25. The van der Waals surface area contributed by atoms with Gasteiger partial charge in [-0.1, -0.05) is 12.1 Å². The van der Waals surface area contributed by atoms with Crippen LogP contribution in [-0.2, 0) is 9.84 Å². The second kappa shape index (κ2) is 7.45. The molecule has 5 nitrogen and oxygen atoms in total. The average molecular weight is 338 g/mol. The Balaban J connectivity index is 2.11. The van der Waals surface area contributed by atoms with E-state index in [1.165, 1.54) is 18.9 Å². The molecule has 2 rings (SSSR count). The summed E-state index contributed by atoms with van der Waals surface area (Å²) < 4.78 is 24.8. The van der Waals surface area contributed by atoms with E-state index in [0.717, 1.165) is 13.1 Å². The molecule has 1 unspecified atom stereocenters. The molecule has 1 N–H and O–H groups in total. The first kappa shape index (κ1) is 17.9. The van der Waals surface area contributed by atoms with Gasteiger partial charge in [0, 0.05) is 12.6 Å². The molecule has 1 aliphatic rings. The average Bonchev–Trinajstić information content (AvgIpc) is 3.06. The molecule has 1 amide bonds. The van der Waals surface area contributed by atoms with Crippen molar-refractivity contribution in [1.82, 2.24) is 10.2 Å². The summed E-state index contributed by atoms with van der Waals surface area (Å²) in [6.07, 6.45) is 2.40. The molecule has 1 aromatic carbocycles. The maximum absolute atomic E-state index is 12.5. The first-order chi connectivity index (χ1) is 10.8. The monoisotopic (exact) mass is 338 g/mol. The van der Waals surface area contributed by atoms with Gasteiger partial charge < -0.3 is 5.32 Å². The lowest BCUT2D eigenvalue weighted by atomic mass is 10.2. The van der Waals surface area contributed by atoms with E-state index in [4.69, 9.17) is 0 Å². The number of sulfone groups is 1.